The number of likely N-dealkylation sites (tertiary alicyclic amines) is 1. The number of methoxy groups -OCH3 is 1. The zero-order valence-corrected chi connectivity index (χ0v) is 11.8. The molecule has 0 N–H and O–H groups in total. The maximum absolute atomic E-state index is 11.7. The van der Waals surface area contributed by atoms with Crippen molar-refractivity contribution < 1.29 is 9.53 Å². The molecule has 0 unspecified atom stereocenters. The summed E-state index contributed by atoms with van der Waals surface area (Å²) in [6, 6.07) is -0.123. The van der Waals surface area contributed by atoms with E-state index in [0.717, 1.165) is 37.2 Å². The number of carbonyl (C=O) groups is 1. The molecule has 5 heteroatoms. The standard InChI is InChI=1S/C12H19NO2S2/c1-15-12(14)10-3-2-6-13(10)11(16)9-4-7-17-8-5-9/h9-10H,2-8H2,1H3/t10-/m0/s1. The fourth-order valence-corrected chi connectivity index (χ4v) is 4.15. The van der Waals surface area contributed by atoms with Crippen molar-refractivity contribution in [3.05, 3.63) is 0 Å². The van der Waals surface area contributed by atoms with E-state index in [1.807, 2.05) is 11.8 Å². The van der Waals surface area contributed by atoms with Crippen LogP contribution in [-0.4, -0.2) is 47.1 Å². The van der Waals surface area contributed by atoms with Crippen molar-refractivity contribution in [2.45, 2.75) is 31.7 Å². The number of thiocarbonyl (C=S) groups is 1. The van der Waals surface area contributed by atoms with Gasteiger partial charge in [0.25, 0.3) is 0 Å². The quantitative estimate of drug-likeness (QED) is 0.568. The van der Waals surface area contributed by atoms with Crippen LogP contribution in [0, 0.1) is 5.92 Å². The highest BCUT2D eigenvalue weighted by Crippen LogP contribution is 2.29. The van der Waals surface area contributed by atoms with Gasteiger partial charge in [-0.1, -0.05) is 12.2 Å². The lowest BCUT2D eigenvalue weighted by atomic mass is 10.0. The third kappa shape index (κ3) is 2.94. The van der Waals surface area contributed by atoms with E-state index in [2.05, 4.69) is 4.90 Å². The van der Waals surface area contributed by atoms with Crippen molar-refractivity contribution in [2.75, 3.05) is 25.2 Å². The Morgan fingerprint density at radius 2 is 2.06 bits per heavy atom. The van der Waals surface area contributed by atoms with Crippen LogP contribution in [0.1, 0.15) is 25.7 Å². The lowest BCUT2D eigenvalue weighted by Crippen LogP contribution is -2.43. The molecule has 2 aliphatic heterocycles. The molecule has 0 saturated carbocycles. The first kappa shape index (κ1) is 13.1. The van der Waals surface area contributed by atoms with Gasteiger partial charge in [0.15, 0.2) is 0 Å². The van der Waals surface area contributed by atoms with Crippen LogP contribution >= 0.6 is 24.0 Å². The number of thioether (sulfide) groups is 1. The summed E-state index contributed by atoms with van der Waals surface area (Å²) < 4.78 is 4.86. The highest BCUT2D eigenvalue weighted by molar-refractivity contribution is 7.99. The SMILES string of the molecule is COC(=O)[C@@H]1CCCN1C(=S)C1CCSCC1. The molecular formula is C12H19NO2S2. The van der Waals surface area contributed by atoms with Gasteiger partial charge in [-0.25, -0.2) is 4.79 Å². The molecule has 2 rings (SSSR count). The largest absolute Gasteiger partial charge is 0.467 e. The average molecular weight is 273 g/mol. The Hall–Kier alpha value is -0.290. The molecule has 0 amide bonds. The Bertz CT molecular complexity index is 303. The zero-order valence-electron chi connectivity index (χ0n) is 10.2. The third-order valence-electron chi connectivity index (χ3n) is 3.58. The number of esters is 1. The van der Waals surface area contributed by atoms with Crippen LogP contribution in [0.25, 0.3) is 0 Å². The topological polar surface area (TPSA) is 29.5 Å². The molecule has 2 heterocycles. The zero-order chi connectivity index (χ0) is 12.3. The van der Waals surface area contributed by atoms with Gasteiger partial charge >= 0.3 is 5.97 Å². The molecule has 2 aliphatic rings. The Morgan fingerprint density at radius 1 is 1.35 bits per heavy atom. The highest BCUT2D eigenvalue weighted by atomic mass is 32.2. The Balaban J connectivity index is 1.99. The van der Waals surface area contributed by atoms with Gasteiger partial charge in [0.1, 0.15) is 6.04 Å². The minimum atomic E-state index is -0.130. The molecule has 1 atom stereocenters. The van der Waals surface area contributed by atoms with Crippen molar-refractivity contribution in [3.8, 4) is 0 Å². The second-order valence-corrected chi connectivity index (χ2v) is 6.24. The first-order valence-corrected chi connectivity index (χ1v) is 7.76. The lowest BCUT2D eigenvalue weighted by molar-refractivity contribution is -0.144. The molecule has 0 aromatic heterocycles. The first-order chi connectivity index (χ1) is 8.24. The minimum absolute atomic E-state index is 0.123. The number of nitrogens with zero attached hydrogens (tertiary/aromatic N) is 1. The van der Waals surface area contributed by atoms with Crippen LogP contribution in [0.2, 0.25) is 0 Å². The molecule has 2 fully saturated rings. The van der Waals surface area contributed by atoms with Crippen LogP contribution < -0.4 is 0 Å². The number of hydrogen-bond donors (Lipinski definition) is 0. The van der Waals surface area contributed by atoms with Crippen LogP contribution in [-0.2, 0) is 9.53 Å². The molecular weight excluding hydrogens is 254 g/mol. The predicted octanol–water partition coefficient (Wildman–Crippen LogP) is 2.09. The summed E-state index contributed by atoms with van der Waals surface area (Å²) in [7, 11) is 1.46. The second-order valence-electron chi connectivity index (χ2n) is 4.60. The Labute approximate surface area is 112 Å². The summed E-state index contributed by atoms with van der Waals surface area (Å²) >= 11 is 7.59. The minimum Gasteiger partial charge on any atom is -0.467 e. The van der Waals surface area contributed by atoms with E-state index in [4.69, 9.17) is 17.0 Å². The van der Waals surface area contributed by atoms with E-state index in [0.29, 0.717) is 5.92 Å². The summed E-state index contributed by atoms with van der Waals surface area (Å²) in [5.41, 5.74) is 0. The van der Waals surface area contributed by atoms with Gasteiger partial charge in [0, 0.05) is 12.5 Å². The molecule has 0 aromatic carbocycles. The first-order valence-electron chi connectivity index (χ1n) is 6.20. The normalized spacial score (nSPS) is 25.9. The van der Waals surface area contributed by atoms with E-state index in [-0.39, 0.29) is 12.0 Å². The van der Waals surface area contributed by atoms with E-state index < -0.39 is 0 Å². The van der Waals surface area contributed by atoms with Gasteiger partial charge in [-0.05, 0) is 37.2 Å². The van der Waals surface area contributed by atoms with E-state index in [1.54, 1.807) is 0 Å². The number of hydrogen-bond acceptors (Lipinski definition) is 4. The molecule has 0 bridgehead atoms. The van der Waals surface area contributed by atoms with Gasteiger partial charge in [-0.2, -0.15) is 11.8 Å². The number of rotatable bonds is 2. The highest BCUT2D eigenvalue weighted by Gasteiger charge is 2.35. The Kier molecular flexibility index (Phi) is 4.68. The molecule has 0 radical (unpaired) electrons. The van der Waals surface area contributed by atoms with Gasteiger partial charge in [-0.3, -0.25) is 0 Å². The molecule has 17 heavy (non-hydrogen) atoms. The Morgan fingerprint density at radius 3 is 2.71 bits per heavy atom. The van der Waals surface area contributed by atoms with E-state index >= 15 is 0 Å². The van der Waals surface area contributed by atoms with Crippen LogP contribution in [0.15, 0.2) is 0 Å². The summed E-state index contributed by atoms with van der Waals surface area (Å²) in [5, 5.41) is 0. The molecule has 0 aliphatic carbocycles. The summed E-state index contributed by atoms with van der Waals surface area (Å²) in [6.45, 7) is 0.919. The van der Waals surface area contributed by atoms with E-state index in [1.165, 1.54) is 18.6 Å². The molecule has 2 saturated heterocycles. The van der Waals surface area contributed by atoms with Crippen LogP contribution in [0.3, 0.4) is 0 Å². The summed E-state index contributed by atoms with van der Waals surface area (Å²) in [4.78, 5) is 14.8. The van der Waals surface area contributed by atoms with E-state index in [9.17, 15) is 4.79 Å². The maximum Gasteiger partial charge on any atom is 0.328 e. The smallest absolute Gasteiger partial charge is 0.328 e. The van der Waals surface area contributed by atoms with Crippen LogP contribution in [0.5, 0.6) is 0 Å². The lowest BCUT2D eigenvalue weighted by Gasteiger charge is -2.32. The van der Waals surface area contributed by atoms with Gasteiger partial charge in [-0.15, -0.1) is 0 Å². The van der Waals surface area contributed by atoms with Crippen molar-refractivity contribution in [3.63, 3.8) is 0 Å². The number of carbonyl (C=O) groups excluding carboxylic acids is 1. The second kappa shape index (κ2) is 6.05. The maximum atomic E-state index is 11.7. The van der Waals surface area contributed by atoms with Crippen molar-refractivity contribution in [1.29, 1.82) is 0 Å². The summed E-state index contributed by atoms with van der Waals surface area (Å²) in [5.74, 6) is 2.76. The summed E-state index contributed by atoms with van der Waals surface area (Å²) in [6.07, 6.45) is 4.25. The predicted molar refractivity (Wildman–Crippen MR) is 74.4 cm³/mol. The monoisotopic (exact) mass is 273 g/mol. The van der Waals surface area contributed by atoms with Gasteiger partial charge in [0.05, 0.1) is 12.1 Å². The molecule has 96 valence electrons. The third-order valence-corrected chi connectivity index (χ3v) is 5.20. The van der Waals surface area contributed by atoms with Crippen molar-refractivity contribution in [2.24, 2.45) is 5.92 Å². The van der Waals surface area contributed by atoms with Crippen molar-refractivity contribution >= 4 is 34.9 Å². The van der Waals surface area contributed by atoms with Crippen molar-refractivity contribution in [1.82, 2.24) is 4.90 Å². The van der Waals surface area contributed by atoms with Crippen LogP contribution in [0.4, 0.5) is 0 Å². The van der Waals surface area contributed by atoms with Gasteiger partial charge in [0.2, 0.25) is 0 Å². The average Bonchev–Trinajstić information content (AvgIpc) is 2.87. The fourth-order valence-electron chi connectivity index (χ4n) is 2.59. The molecule has 3 nitrogen and oxygen atoms in total. The molecule has 0 spiro atoms. The molecule has 0 aromatic rings. The van der Waals surface area contributed by atoms with Gasteiger partial charge < -0.3 is 9.64 Å². The fraction of sp³-hybridized carbons (Fsp3) is 0.833. The number of ether oxygens (including phenoxy) is 1.